The summed E-state index contributed by atoms with van der Waals surface area (Å²) in [6, 6.07) is 12.7. The lowest BCUT2D eigenvalue weighted by atomic mass is 10.2. The van der Waals surface area contributed by atoms with Crippen LogP contribution >= 0.6 is 0 Å². The van der Waals surface area contributed by atoms with Crippen molar-refractivity contribution in [3.63, 3.8) is 0 Å². The van der Waals surface area contributed by atoms with Gasteiger partial charge < -0.3 is 18.9 Å². The van der Waals surface area contributed by atoms with Gasteiger partial charge >= 0.3 is 0 Å². The third-order valence-electron chi connectivity index (χ3n) is 3.78. The molecule has 0 aromatic heterocycles. The van der Waals surface area contributed by atoms with Gasteiger partial charge in [-0.3, -0.25) is 4.79 Å². The first-order chi connectivity index (χ1) is 12.3. The maximum absolute atomic E-state index is 12.2. The van der Waals surface area contributed by atoms with Gasteiger partial charge in [0.2, 0.25) is 6.10 Å². The van der Waals surface area contributed by atoms with E-state index in [9.17, 15) is 4.79 Å². The molecule has 2 heterocycles. The second-order valence-electron chi connectivity index (χ2n) is 5.47. The van der Waals surface area contributed by atoms with E-state index in [0.717, 1.165) is 5.56 Å². The molecule has 4 rings (SSSR count). The summed E-state index contributed by atoms with van der Waals surface area (Å²) in [5.41, 5.74) is 3.19. The molecule has 0 radical (unpaired) electrons. The van der Waals surface area contributed by atoms with Gasteiger partial charge in [0.25, 0.3) is 5.91 Å². The Morgan fingerprint density at radius 3 is 2.72 bits per heavy atom. The smallest absolute Gasteiger partial charge is 0.284 e. The van der Waals surface area contributed by atoms with Crippen molar-refractivity contribution in [3.8, 4) is 23.0 Å². The second kappa shape index (κ2) is 6.72. The summed E-state index contributed by atoms with van der Waals surface area (Å²) < 4.78 is 22.3. The van der Waals surface area contributed by atoms with Gasteiger partial charge in [-0.1, -0.05) is 18.2 Å². The quantitative estimate of drug-likeness (QED) is 0.680. The summed E-state index contributed by atoms with van der Waals surface area (Å²) in [5, 5.41) is 3.99. The number of amides is 1. The zero-order valence-corrected chi connectivity index (χ0v) is 13.3. The first-order valence-electron chi connectivity index (χ1n) is 7.91. The van der Waals surface area contributed by atoms with Crippen molar-refractivity contribution >= 4 is 12.1 Å². The fourth-order valence-corrected chi connectivity index (χ4v) is 2.58. The monoisotopic (exact) mass is 340 g/mol. The van der Waals surface area contributed by atoms with E-state index in [-0.39, 0.29) is 12.5 Å². The molecular formula is C18H16N2O5. The average molecular weight is 340 g/mol. The molecule has 0 fully saturated rings. The molecule has 0 saturated heterocycles. The summed E-state index contributed by atoms with van der Waals surface area (Å²) in [5.74, 6) is 2.08. The molecule has 0 aliphatic carbocycles. The highest BCUT2D eigenvalue weighted by molar-refractivity contribution is 5.87. The first-order valence-corrected chi connectivity index (χ1v) is 7.91. The van der Waals surface area contributed by atoms with Crippen LogP contribution in [-0.4, -0.2) is 38.0 Å². The van der Waals surface area contributed by atoms with Crippen LogP contribution in [0.1, 0.15) is 5.56 Å². The number of para-hydroxylation sites is 3. The maximum Gasteiger partial charge on any atom is 0.284 e. The van der Waals surface area contributed by atoms with Crippen LogP contribution in [0.15, 0.2) is 47.6 Å². The van der Waals surface area contributed by atoms with Crippen molar-refractivity contribution in [2.45, 2.75) is 6.10 Å². The van der Waals surface area contributed by atoms with E-state index in [1.165, 1.54) is 6.21 Å². The van der Waals surface area contributed by atoms with Gasteiger partial charge in [0.05, 0.1) is 6.21 Å². The van der Waals surface area contributed by atoms with Crippen molar-refractivity contribution in [3.05, 3.63) is 48.0 Å². The lowest BCUT2D eigenvalue weighted by Crippen LogP contribution is -2.42. The van der Waals surface area contributed by atoms with Crippen LogP contribution < -0.4 is 24.4 Å². The minimum Gasteiger partial charge on any atom is -0.486 e. The Bertz CT molecular complexity index is 821. The van der Waals surface area contributed by atoms with Gasteiger partial charge in [0.1, 0.15) is 19.8 Å². The molecule has 2 aliphatic heterocycles. The average Bonchev–Trinajstić information content (AvgIpc) is 2.67. The largest absolute Gasteiger partial charge is 0.486 e. The molecule has 1 N–H and O–H groups in total. The number of benzene rings is 2. The van der Waals surface area contributed by atoms with Gasteiger partial charge in [-0.05, 0) is 24.3 Å². The lowest BCUT2D eigenvalue weighted by Gasteiger charge is -2.24. The molecule has 128 valence electrons. The summed E-state index contributed by atoms with van der Waals surface area (Å²) in [6.45, 7) is 1.14. The third kappa shape index (κ3) is 3.21. The predicted octanol–water partition coefficient (Wildman–Crippen LogP) is 1.75. The van der Waals surface area contributed by atoms with Crippen molar-refractivity contribution in [2.24, 2.45) is 5.10 Å². The highest BCUT2D eigenvalue weighted by atomic mass is 16.6. The highest BCUT2D eigenvalue weighted by Gasteiger charge is 2.27. The SMILES string of the molecule is O=C(N/N=C\c1cccc2c1OCCO2)[C@H]1COc2ccccc2O1. The second-order valence-corrected chi connectivity index (χ2v) is 5.47. The highest BCUT2D eigenvalue weighted by Crippen LogP contribution is 2.32. The van der Waals surface area contributed by atoms with Gasteiger partial charge in [-0.25, -0.2) is 5.43 Å². The number of hydrogen-bond donors (Lipinski definition) is 1. The Labute approximate surface area is 144 Å². The number of rotatable bonds is 3. The van der Waals surface area contributed by atoms with Crippen LogP contribution in [0.3, 0.4) is 0 Å². The van der Waals surface area contributed by atoms with Gasteiger partial charge in [0, 0.05) is 5.56 Å². The number of nitrogens with one attached hydrogen (secondary N) is 1. The van der Waals surface area contributed by atoms with E-state index in [1.807, 2.05) is 30.3 Å². The number of ether oxygens (including phenoxy) is 4. The maximum atomic E-state index is 12.2. The van der Waals surface area contributed by atoms with E-state index in [1.54, 1.807) is 12.1 Å². The van der Waals surface area contributed by atoms with Crippen LogP contribution in [0.4, 0.5) is 0 Å². The Morgan fingerprint density at radius 1 is 1.00 bits per heavy atom. The fourth-order valence-electron chi connectivity index (χ4n) is 2.58. The third-order valence-corrected chi connectivity index (χ3v) is 3.78. The van der Waals surface area contributed by atoms with Crippen LogP contribution in [0.2, 0.25) is 0 Å². The number of hydrazone groups is 1. The molecular weight excluding hydrogens is 324 g/mol. The number of carbonyl (C=O) groups is 1. The molecule has 0 unspecified atom stereocenters. The molecule has 1 amide bonds. The van der Waals surface area contributed by atoms with E-state index in [4.69, 9.17) is 18.9 Å². The van der Waals surface area contributed by atoms with Crippen molar-refractivity contribution < 1.29 is 23.7 Å². The number of carbonyl (C=O) groups excluding carboxylic acids is 1. The van der Waals surface area contributed by atoms with Gasteiger partial charge in [-0.15, -0.1) is 0 Å². The Morgan fingerprint density at radius 2 is 1.80 bits per heavy atom. The van der Waals surface area contributed by atoms with Crippen LogP contribution in [-0.2, 0) is 4.79 Å². The Kier molecular flexibility index (Phi) is 4.12. The summed E-state index contributed by atoms with van der Waals surface area (Å²) in [6.07, 6.45) is 0.764. The summed E-state index contributed by atoms with van der Waals surface area (Å²) >= 11 is 0. The summed E-state index contributed by atoms with van der Waals surface area (Å²) in [7, 11) is 0. The molecule has 2 aliphatic rings. The Balaban J connectivity index is 1.40. The van der Waals surface area contributed by atoms with Gasteiger partial charge in [0.15, 0.2) is 23.0 Å². The topological polar surface area (TPSA) is 78.4 Å². The van der Waals surface area contributed by atoms with Gasteiger partial charge in [-0.2, -0.15) is 5.10 Å². The van der Waals surface area contributed by atoms with E-state index >= 15 is 0 Å². The van der Waals surface area contributed by atoms with Crippen LogP contribution in [0.5, 0.6) is 23.0 Å². The first kappa shape index (κ1) is 15.3. The Hall–Kier alpha value is -3.22. The van der Waals surface area contributed by atoms with Crippen LogP contribution in [0, 0.1) is 0 Å². The van der Waals surface area contributed by atoms with Crippen molar-refractivity contribution in [1.82, 2.24) is 5.43 Å². The van der Waals surface area contributed by atoms with E-state index in [0.29, 0.717) is 36.2 Å². The molecule has 2 aromatic rings. The molecule has 1 atom stereocenters. The summed E-state index contributed by atoms with van der Waals surface area (Å²) in [4.78, 5) is 12.2. The molecule has 7 nitrogen and oxygen atoms in total. The van der Waals surface area contributed by atoms with Crippen LogP contribution in [0.25, 0.3) is 0 Å². The number of hydrogen-bond acceptors (Lipinski definition) is 6. The number of fused-ring (bicyclic) bond motifs is 2. The molecule has 2 aromatic carbocycles. The predicted molar refractivity (Wildman–Crippen MR) is 89.5 cm³/mol. The standard InChI is InChI=1S/C18H16N2O5/c21-18(16-11-24-13-5-1-2-6-14(13)25-16)20-19-10-12-4-3-7-15-17(12)23-9-8-22-15/h1-7,10,16H,8-9,11H2,(H,20,21)/b19-10-/t16-/m1/s1. The van der Waals surface area contributed by atoms with E-state index < -0.39 is 6.10 Å². The molecule has 7 heteroatoms. The molecule has 0 saturated carbocycles. The molecule has 0 spiro atoms. The normalized spacial score (nSPS) is 18.0. The molecule has 0 bridgehead atoms. The minimum absolute atomic E-state index is 0.135. The van der Waals surface area contributed by atoms with Crippen molar-refractivity contribution in [2.75, 3.05) is 19.8 Å². The van der Waals surface area contributed by atoms with Crippen molar-refractivity contribution in [1.29, 1.82) is 0 Å². The molecule has 25 heavy (non-hydrogen) atoms. The minimum atomic E-state index is -0.753. The lowest BCUT2D eigenvalue weighted by molar-refractivity contribution is -0.130. The number of nitrogens with zero attached hydrogens (tertiary/aromatic N) is 1. The van der Waals surface area contributed by atoms with E-state index in [2.05, 4.69) is 10.5 Å². The zero-order valence-electron chi connectivity index (χ0n) is 13.3. The zero-order chi connectivity index (χ0) is 17.1. The fraction of sp³-hybridized carbons (Fsp3) is 0.222.